The van der Waals surface area contributed by atoms with E-state index >= 15 is 0 Å². The summed E-state index contributed by atoms with van der Waals surface area (Å²) in [6.45, 7) is 5.49. The van der Waals surface area contributed by atoms with Crippen LogP contribution >= 0.6 is 23.4 Å². The average Bonchev–Trinajstić information content (AvgIpc) is 3.19. The van der Waals surface area contributed by atoms with E-state index in [1.807, 2.05) is 43.1 Å². The van der Waals surface area contributed by atoms with Crippen molar-refractivity contribution in [1.29, 1.82) is 0 Å². The maximum atomic E-state index is 6.15. The molecule has 1 fully saturated rings. The number of aromatic nitrogens is 1. The molecule has 0 spiro atoms. The van der Waals surface area contributed by atoms with Crippen LogP contribution in [0.2, 0.25) is 5.02 Å². The first-order chi connectivity index (χ1) is 13.2. The Labute approximate surface area is 169 Å². The highest BCUT2D eigenvalue weighted by Crippen LogP contribution is 2.27. The monoisotopic (exact) mass is 407 g/mol. The lowest BCUT2D eigenvalue weighted by atomic mass is 10.1. The van der Waals surface area contributed by atoms with Crippen LogP contribution in [0, 0.1) is 0 Å². The van der Waals surface area contributed by atoms with E-state index in [9.17, 15) is 0 Å². The minimum Gasteiger partial charge on any atom is -0.364 e. The van der Waals surface area contributed by atoms with E-state index in [1.54, 1.807) is 6.26 Å². The Balaban J connectivity index is 1.50. The summed E-state index contributed by atoms with van der Waals surface area (Å²) in [5, 5.41) is 8.64. The second kappa shape index (κ2) is 10.0. The molecule has 1 aliphatic rings. The Morgan fingerprint density at radius 2 is 2.15 bits per heavy atom. The summed E-state index contributed by atoms with van der Waals surface area (Å²) < 4.78 is 4.92. The van der Waals surface area contributed by atoms with Gasteiger partial charge in [0.25, 0.3) is 0 Å². The van der Waals surface area contributed by atoms with E-state index < -0.39 is 0 Å². The number of guanidine groups is 1. The molecule has 1 aromatic heterocycles. The highest BCUT2D eigenvalue weighted by molar-refractivity contribution is 7.98. The molecule has 1 aliphatic heterocycles. The number of hydrogen-bond acceptors (Lipinski definition) is 5. The van der Waals surface area contributed by atoms with Crippen LogP contribution in [0.5, 0.6) is 0 Å². The van der Waals surface area contributed by atoms with Crippen molar-refractivity contribution in [2.75, 3.05) is 46.0 Å². The zero-order valence-corrected chi connectivity index (χ0v) is 17.3. The van der Waals surface area contributed by atoms with Gasteiger partial charge in [0, 0.05) is 62.7 Å². The molecule has 27 heavy (non-hydrogen) atoms. The minimum atomic E-state index is 0.328. The predicted molar refractivity (Wildman–Crippen MR) is 112 cm³/mol. The summed E-state index contributed by atoms with van der Waals surface area (Å²) in [6, 6.07) is 10.00. The highest BCUT2D eigenvalue weighted by Gasteiger charge is 2.21. The van der Waals surface area contributed by atoms with Crippen LogP contribution < -0.4 is 5.32 Å². The van der Waals surface area contributed by atoms with E-state index in [4.69, 9.17) is 16.1 Å². The van der Waals surface area contributed by atoms with Gasteiger partial charge in [-0.15, -0.1) is 0 Å². The highest BCUT2D eigenvalue weighted by atomic mass is 35.5. The van der Waals surface area contributed by atoms with Crippen molar-refractivity contribution in [3.8, 4) is 0 Å². The molecule has 1 N–H and O–H groups in total. The normalized spacial score (nSPS) is 17.1. The smallest absolute Gasteiger partial charge is 0.193 e. The van der Waals surface area contributed by atoms with Crippen molar-refractivity contribution in [2.24, 2.45) is 4.99 Å². The van der Waals surface area contributed by atoms with Crippen LogP contribution in [0.4, 0.5) is 0 Å². The van der Waals surface area contributed by atoms with Gasteiger partial charge in [-0.3, -0.25) is 9.89 Å². The van der Waals surface area contributed by atoms with Crippen molar-refractivity contribution >= 4 is 29.3 Å². The predicted octanol–water partition coefficient (Wildman–Crippen LogP) is 3.13. The van der Waals surface area contributed by atoms with Crippen molar-refractivity contribution in [3.05, 3.63) is 52.9 Å². The molecule has 0 saturated carbocycles. The third kappa shape index (κ3) is 5.64. The number of piperazine rings is 1. The molecular weight excluding hydrogens is 382 g/mol. The van der Waals surface area contributed by atoms with Crippen LogP contribution in [-0.2, 0) is 6.54 Å². The Morgan fingerprint density at radius 3 is 2.78 bits per heavy atom. The van der Waals surface area contributed by atoms with Crippen LogP contribution in [0.3, 0.4) is 0 Å². The van der Waals surface area contributed by atoms with Gasteiger partial charge in [-0.25, -0.2) is 0 Å². The standard InChI is InChI=1S/C19H26ClN5OS/c1-21-19(22-13-18(27-2)15-4-3-5-16(20)12-15)25-9-7-24(8-10-25)14-17-6-11-26-23-17/h3-6,11-12,18H,7-10,13-14H2,1-2H3,(H,21,22). The minimum absolute atomic E-state index is 0.328. The molecule has 146 valence electrons. The summed E-state index contributed by atoms with van der Waals surface area (Å²) in [5.41, 5.74) is 2.21. The number of nitrogens with zero attached hydrogens (tertiary/aromatic N) is 4. The zero-order chi connectivity index (χ0) is 19.1. The second-order valence-corrected chi connectivity index (χ2v) is 7.94. The topological polar surface area (TPSA) is 56.9 Å². The lowest BCUT2D eigenvalue weighted by molar-refractivity contribution is 0.169. The fourth-order valence-electron chi connectivity index (χ4n) is 3.23. The lowest BCUT2D eigenvalue weighted by Gasteiger charge is -2.36. The summed E-state index contributed by atoms with van der Waals surface area (Å²) in [6.07, 6.45) is 3.75. The summed E-state index contributed by atoms with van der Waals surface area (Å²) in [5.74, 6) is 0.956. The van der Waals surface area contributed by atoms with Gasteiger partial charge in [-0.05, 0) is 24.0 Å². The maximum absolute atomic E-state index is 6.15. The molecule has 3 rings (SSSR count). The molecule has 1 unspecified atom stereocenters. The van der Waals surface area contributed by atoms with E-state index in [2.05, 4.69) is 37.6 Å². The van der Waals surface area contributed by atoms with Crippen molar-refractivity contribution in [3.63, 3.8) is 0 Å². The van der Waals surface area contributed by atoms with Gasteiger partial charge < -0.3 is 14.7 Å². The third-order valence-electron chi connectivity index (χ3n) is 4.71. The first-order valence-electron chi connectivity index (χ1n) is 9.05. The van der Waals surface area contributed by atoms with E-state index in [-0.39, 0.29) is 0 Å². The number of thioether (sulfide) groups is 1. The second-order valence-electron chi connectivity index (χ2n) is 6.46. The van der Waals surface area contributed by atoms with Gasteiger partial charge in [-0.1, -0.05) is 28.9 Å². The molecule has 0 bridgehead atoms. The summed E-state index contributed by atoms with van der Waals surface area (Å²) in [7, 11) is 1.84. The fourth-order valence-corrected chi connectivity index (χ4v) is 4.09. The number of hydrogen-bond donors (Lipinski definition) is 1. The van der Waals surface area contributed by atoms with Crippen LogP contribution in [-0.4, -0.2) is 66.9 Å². The van der Waals surface area contributed by atoms with Crippen molar-refractivity contribution in [2.45, 2.75) is 11.8 Å². The molecule has 0 radical (unpaired) electrons. The molecule has 1 saturated heterocycles. The van der Waals surface area contributed by atoms with Crippen LogP contribution in [0.15, 0.2) is 46.1 Å². The molecule has 8 heteroatoms. The average molecular weight is 408 g/mol. The van der Waals surface area contributed by atoms with Gasteiger partial charge in [0.05, 0.1) is 5.69 Å². The van der Waals surface area contributed by atoms with E-state index in [0.717, 1.165) is 55.9 Å². The molecule has 0 amide bonds. The lowest BCUT2D eigenvalue weighted by Crippen LogP contribution is -2.52. The molecule has 2 aromatic rings. The Hall–Kier alpha value is -1.70. The van der Waals surface area contributed by atoms with Gasteiger partial charge >= 0.3 is 0 Å². The third-order valence-corrected chi connectivity index (χ3v) is 5.95. The van der Waals surface area contributed by atoms with Crippen LogP contribution in [0.25, 0.3) is 0 Å². The van der Waals surface area contributed by atoms with Crippen molar-refractivity contribution in [1.82, 2.24) is 20.3 Å². The van der Waals surface area contributed by atoms with Gasteiger partial charge in [0.1, 0.15) is 6.26 Å². The zero-order valence-electron chi connectivity index (χ0n) is 15.8. The maximum Gasteiger partial charge on any atom is 0.193 e. The number of halogens is 1. The van der Waals surface area contributed by atoms with E-state index in [1.165, 1.54) is 5.56 Å². The largest absolute Gasteiger partial charge is 0.364 e. The van der Waals surface area contributed by atoms with Gasteiger partial charge in [0.2, 0.25) is 0 Å². The number of aliphatic imine (C=N–C) groups is 1. The Morgan fingerprint density at radius 1 is 1.33 bits per heavy atom. The van der Waals surface area contributed by atoms with Gasteiger partial charge in [0.15, 0.2) is 5.96 Å². The molecule has 1 aromatic carbocycles. The number of rotatable bonds is 6. The molecule has 0 aliphatic carbocycles. The van der Waals surface area contributed by atoms with E-state index in [0.29, 0.717) is 5.25 Å². The SMILES string of the molecule is CN=C(NCC(SC)c1cccc(Cl)c1)N1CCN(Cc2ccon2)CC1. The quantitative estimate of drug-likeness (QED) is 0.586. The molecule has 6 nitrogen and oxygen atoms in total. The first-order valence-corrected chi connectivity index (χ1v) is 10.7. The Kier molecular flexibility index (Phi) is 7.43. The number of nitrogens with one attached hydrogen (secondary N) is 1. The summed E-state index contributed by atoms with van der Waals surface area (Å²) >= 11 is 7.96. The number of benzene rings is 1. The van der Waals surface area contributed by atoms with Crippen molar-refractivity contribution < 1.29 is 4.52 Å². The first kappa shape index (κ1) is 20.0. The Bertz CT molecular complexity index is 731. The fraction of sp³-hybridized carbons (Fsp3) is 0.474. The van der Waals surface area contributed by atoms with Crippen LogP contribution in [0.1, 0.15) is 16.5 Å². The molecular formula is C19H26ClN5OS. The summed E-state index contributed by atoms with van der Waals surface area (Å²) in [4.78, 5) is 9.18. The van der Waals surface area contributed by atoms with Gasteiger partial charge in [-0.2, -0.15) is 11.8 Å². The molecule has 1 atom stereocenters. The molecule has 2 heterocycles.